The third kappa shape index (κ3) is 3.41. The molecule has 2 rings (SSSR count). The number of aromatic nitrogens is 2. The summed E-state index contributed by atoms with van der Waals surface area (Å²) >= 11 is 3.10. The highest BCUT2D eigenvalue weighted by molar-refractivity contribution is 9.10. The average Bonchev–Trinajstić information content (AvgIpc) is 2.70. The van der Waals surface area contributed by atoms with E-state index in [2.05, 4.69) is 21.0 Å². The summed E-state index contributed by atoms with van der Waals surface area (Å²) < 4.78 is 44.4. The van der Waals surface area contributed by atoms with E-state index in [9.17, 15) is 18.0 Å². The van der Waals surface area contributed by atoms with Crippen LogP contribution in [0.4, 0.5) is 13.2 Å². The van der Waals surface area contributed by atoms with Gasteiger partial charge in [-0.15, -0.1) is 0 Å². The first-order chi connectivity index (χ1) is 10.2. The van der Waals surface area contributed by atoms with Gasteiger partial charge in [0.2, 0.25) is 0 Å². The van der Waals surface area contributed by atoms with Crippen LogP contribution in [0.15, 0.2) is 28.7 Å². The molecule has 0 aliphatic rings. The Hall–Kier alpha value is -2.03. The maximum Gasteiger partial charge on any atom is 0.416 e. The molecular weight excluding hydrogens is 369 g/mol. The van der Waals surface area contributed by atoms with Gasteiger partial charge in [-0.1, -0.05) is 6.07 Å². The van der Waals surface area contributed by atoms with Crippen molar-refractivity contribution >= 4 is 21.9 Å². The van der Waals surface area contributed by atoms with Crippen LogP contribution < -0.4 is 4.74 Å². The van der Waals surface area contributed by atoms with Crippen LogP contribution in [0.5, 0.6) is 5.75 Å². The van der Waals surface area contributed by atoms with Crippen molar-refractivity contribution < 1.29 is 27.8 Å². The van der Waals surface area contributed by atoms with Gasteiger partial charge in [0.05, 0.1) is 10.0 Å². The van der Waals surface area contributed by atoms with Gasteiger partial charge in [-0.3, -0.25) is 4.68 Å². The molecule has 1 heterocycles. The van der Waals surface area contributed by atoms with Gasteiger partial charge in [0.15, 0.2) is 5.69 Å². The fourth-order valence-corrected chi connectivity index (χ4v) is 2.41. The van der Waals surface area contributed by atoms with Crippen molar-refractivity contribution in [3.8, 4) is 5.75 Å². The Balaban J connectivity index is 2.18. The van der Waals surface area contributed by atoms with Gasteiger partial charge in [0.1, 0.15) is 18.1 Å². The molecule has 1 aromatic carbocycles. The molecule has 9 heteroatoms. The lowest BCUT2D eigenvalue weighted by Crippen LogP contribution is -2.05. The van der Waals surface area contributed by atoms with Gasteiger partial charge in [-0.2, -0.15) is 18.3 Å². The Morgan fingerprint density at radius 1 is 1.45 bits per heavy atom. The van der Waals surface area contributed by atoms with E-state index in [1.54, 1.807) is 0 Å². The lowest BCUT2D eigenvalue weighted by molar-refractivity contribution is -0.137. The summed E-state index contributed by atoms with van der Waals surface area (Å²) in [5.41, 5.74) is -0.615. The van der Waals surface area contributed by atoms with Gasteiger partial charge >= 0.3 is 12.1 Å². The topological polar surface area (TPSA) is 64.4 Å². The number of hydrogen-bond donors (Lipinski definition) is 1. The summed E-state index contributed by atoms with van der Waals surface area (Å²) in [4.78, 5) is 11.0. The standard InChI is InChI=1S/C13H10BrF3N2O3/c1-19-11(12(20)21)10(14)9(18-19)6-22-8-4-2-3-7(5-8)13(15,16)17/h2-5H,6H2,1H3,(H,20,21). The quantitative estimate of drug-likeness (QED) is 0.884. The SMILES string of the molecule is Cn1nc(COc2cccc(C(F)(F)F)c2)c(Br)c1C(=O)O. The number of carboxylic acid groups (broad SMARTS) is 1. The molecule has 0 atom stereocenters. The minimum absolute atomic E-state index is 0.0178. The monoisotopic (exact) mass is 378 g/mol. The number of rotatable bonds is 4. The van der Waals surface area contributed by atoms with Crippen LogP contribution in [0.2, 0.25) is 0 Å². The van der Waals surface area contributed by atoms with Crippen LogP contribution in [0.1, 0.15) is 21.7 Å². The molecule has 5 nitrogen and oxygen atoms in total. The van der Waals surface area contributed by atoms with Crippen molar-refractivity contribution in [2.24, 2.45) is 7.05 Å². The van der Waals surface area contributed by atoms with Crippen LogP contribution in [0.3, 0.4) is 0 Å². The van der Waals surface area contributed by atoms with Crippen LogP contribution in [-0.4, -0.2) is 20.9 Å². The Morgan fingerprint density at radius 3 is 2.68 bits per heavy atom. The van der Waals surface area contributed by atoms with E-state index in [1.165, 1.54) is 19.2 Å². The molecule has 0 bridgehead atoms. The maximum absolute atomic E-state index is 12.6. The third-order valence-electron chi connectivity index (χ3n) is 2.80. The number of ether oxygens (including phenoxy) is 1. The molecule has 22 heavy (non-hydrogen) atoms. The normalized spacial score (nSPS) is 11.5. The Bertz CT molecular complexity index is 713. The number of benzene rings is 1. The molecule has 0 fully saturated rings. The molecule has 0 unspecified atom stereocenters. The van der Waals surface area contributed by atoms with Crippen LogP contribution in [0.25, 0.3) is 0 Å². The van der Waals surface area contributed by atoms with Gasteiger partial charge in [0.25, 0.3) is 0 Å². The minimum Gasteiger partial charge on any atom is -0.487 e. The maximum atomic E-state index is 12.6. The number of carboxylic acids is 1. The zero-order valence-corrected chi connectivity index (χ0v) is 12.8. The second-order valence-corrected chi connectivity index (χ2v) is 5.15. The first-order valence-corrected chi connectivity index (χ1v) is 6.74. The first kappa shape index (κ1) is 16.3. The smallest absolute Gasteiger partial charge is 0.416 e. The van der Waals surface area contributed by atoms with Crippen molar-refractivity contribution in [3.63, 3.8) is 0 Å². The van der Waals surface area contributed by atoms with Crippen LogP contribution in [0, 0.1) is 0 Å². The predicted molar refractivity (Wildman–Crippen MR) is 73.6 cm³/mol. The second kappa shape index (κ2) is 5.99. The third-order valence-corrected chi connectivity index (χ3v) is 3.63. The van der Waals surface area contributed by atoms with E-state index < -0.39 is 17.7 Å². The predicted octanol–water partition coefficient (Wildman–Crippen LogP) is 3.48. The largest absolute Gasteiger partial charge is 0.487 e. The number of carbonyl (C=O) groups is 1. The number of aryl methyl sites for hydroxylation is 1. The summed E-state index contributed by atoms with van der Waals surface area (Å²) in [6, 6.07) is 4.42. The number of aromatic carboxylic acids is 1. The van der Waals surface area contributed by atoms with Crippen molar-refractivity contribution in [2.75, 3.05) is 0 Å². The second-order valence-electron chi connectivity index (χ2n) is 4.35. The molecule has 2 aromatic rings. The van der Waals surface area contributed by atoms with Gasteiger partial charge < -0.3 is 9.84 Å². The first-order valence-electron chi connectivity index (χ1n) is 5.95. The van der Waals surface area contributed by atoms with E-state index in [4.69, 9.17) is 9.84 Å². The zero-order chi connectivity index (χ0) is 16.5. The van der Waals surface area contributed by atoms with E-state index in [0.717, 1.165) is 16.8 Å². The Morgan fingerprint density at radius 2 is 2.14 bits per heavy atom. The van der Waals surface area contributed by atoms with E-state index in [-0.39, 0.29) is 28.2 Å². The van der Waals surface area contributed by atoms with E-state index >= 15 is 0 Å². The molecule has 0 saturated heterocycles. The Labute approximate surface area is 131 Å². The van der Waals surface area contributed by atoms with Crippen molar-refractivity contribution in [2.45, 2.75) is 12.8 Å². The molecule has 0 saturated carbocycles. The lowest BCUT2D eigenvalue weighted by Gasteiger charge is -2.09. The minimum atomic E-state index is -4.46. The average molecular weight is 379 g/mol. The van der Waals surface area contributed by atoms with Crippen molar-refractivity contribution in [1.82, 2.24) is 9.78 Å². The molecule has 0 spiro atoms. The summed E-state index contributed by atoms with van der Waals surface area (Å²) in [6.07, 6.45) is -4.46. The molecule has 118 valence electrons. The molecule has 1 N–H and O–H groups in total. The van der Waals surface area contributed by atoms with E-state index in [1.807, 2.05) is 0 Å². The molecular formula is C13H10BrF3N2O3. The summed E-state index contributed by atoms with van der Waals surface area (Å²) in [7, 11) is 1.45. The van der Waals surface area contributed by atoms with Gasteiger partial charge in [-0.05, 0) is 34.1 Å². The molecule has 0 aliphatic carbocycles. The number of nitrogens with zero attached hydrogens (tertiary/aromatic N) is 2. The highest BCUT2D eigenvalue weighted by atomic mass is 79.9. The van der Waals surface area contributed by atoms with Crippen LogP contribution in [-0.2, 0) is 19.8 Å². The zero-order valence-electron chi connectivity index (χ0n) is 11.2. The fourth-order valence-electron chi connectivity index (χ4n) is 1.79. The molecule has 0 radical (unpaired) electrons. The molecule has 1 aromatic heterocycles. The number of halogens is 4. The highest BCUT2D eigenvalue weighted by Crippen LogP contribution is 2.31. The van der Waals surface area contributed by atoms with E-state index in [0.29, 0.717) is 0 Å². The molecule has 0 aliphatic heterocycles. The highest BCUT2D eigenvalue weighted by Gasteiger charge is 2.30. The van der Waals surface area contributed by atoms with Gasteiger partial charge in [0, 0.05) is 7.05 Å². The van der Waals surface area contributed by atoms with Gasteiger partial charge in [-0.25, -0.2) is 4.79 Å². The fraction of sp³-hybridized carbons (Fsp3) is 0.231. The lowest BCUT2D eigenvalue weighted by atomic mass is 10.2. The summed E-state index contributed by atoms with van der Waals surface area (Å²) in [5.74, 6) is -1.16. The van der Waals surface area contributed by atoms with Crippen molar-refractivity contribution in [3.05, 3.63) is 45.7 Å². The Kier molecular flexibility index (Phi) is 4.45. The number of hydrogen-bond acceptors (Lipinski definition) is 3. The van der Waals surface area contributed by atoms with Crippen LogP contribution >= 0.6 is 15.9 Å². The molecule has 0 amide bonds. The number of alkyl halides is 3. The summed E-state index contributed by atoms with van der Waals surface area (Å²) in [5, 5.41) is 13.0. The summed E-state index contributed by atoms with van der Waals surface area (Å²) in [6.45, 7) is -0.164. The van der Waals surface area contributed by atoms with Crippen molar-refractivity contribution in [1.29, 1.82) is 0 Å².